The van der Waals surface area contributed by atoms with Crippen LogP contribution in [-0.4, -0.2) is 39.3 Å². The molecule has 0 saturated carbocycles. The number of aliphatic carboxylic acids is 1. The summed E-state index contributed by atoms with van der Waals surface area (Å²) in [7, 11) is 0. The van der Waals surface area contributed by atoms with Crippen molar-refractivity contribution in [2.75, 3.05) is 13.1 Å². The lowest BCUT2D eigenvalue weighted by Crippen LogP contribution is -2.47. The van der Waals surface area contributed by atoms with Crippen LogP contribution in [0.15, 0.2) is 11.6 Å². The van der Waals surface area contributed by atoms with Gasteiger partial charge in [-0.2, -0.15) is 0 Å². The summed E-state index contributed by atoms with van der Waals surface area (Å²) >= 11 is 1.58. The van der Waals surface area contributed by atoms with E-state index in [1.165, 1.54) is 5.57 Å². The van der Waals surface area contributed by atoms with Crippen molar-refractivity contribution < 1.29 is 9.90 Å². The topological polar surface area (TPSA) is 66.3 Å². The van der Waals surface area contributed by atoms with Gasteiger partial charge in [-0.05, 0) is 46.6 Å². The van der Waals surface area contributed by atoms with Crippen molar-refractivity contribution in [2.45, 2.75) is 46.6 Å². The van der Waals surface area contributed by atoms with E-state index in [0.717, 1.165) is 29.4 Å². The number of rotatable bonds is 5. The van der Waals surface area contributed by atoms with Gasteiger partial charge in [-0.1, -0.05) is 11.6 Å². The van der Waals surface area contributed by atoms with Crippen LogP contribution in [0.1, 0.15) is 43.1 Å². The SMILES string of the molecule is CC(C)=CCC1(C(=O)O)CCCN(Cc2nnc(C)s2)C1. The number of aromatic nitrogens is 2. The van der Waals surface area contributed by atoms with Crippen LogP contribution in [0, 0.1) is 12.3 Å². The summed E-state index contributed by atoms with van der Waals surface area (Å²) in [6.07, 6.45) is 4.32. The quantitative estimate of drug-likeness (QED) is 0.847. The highest BCUT2D eigenvalue weighted by Gasteiger charge is 2.41. The van der Waals surface area contributed by atoms with E-state index in [4.69, 9.17) is 0 Å². The van der Waals surface area contributed by atoms with Crippen molar-refractivity contribution in [2.24, 2.45) is 5.41 Å². The molecule has 5 nitrogen and oxygen atoms in total. The van der Waals surface area contributed by atoms with Crippen LogP contribution >= 0.6 is 11.3 Å². The van der Waals surface area contributed by atoms with Gasteiger partial charge in [-0.3, -0.25) is 9.69 Å². The molecule has 1 N–H and O–H groups in total. The second-order valence-corrected chi connectivity index (χ2v) is 7.37. The van der Waals surface area contributed by atoms with Crippen LogP contribution in [0.5, 0.6) is 0 Å². The first kappa shape index (κ1) is 16.1. The van der Waals surface area contributed by atoms with Gasteiger partial charge in [0.25, 0.3) is 0 Å². The number of carboxylic acid groups (broad SMARTS) is 1. The number of allylic oxidation sites excluding steroid dienone is 2. The minimum absolute atomic E-state index is 0.588. The van der Waals surface area contributed by atoms with Gasteiger partial charge in [0.1, 0.15) is 10.0 Å². The number of carbonyl (C=O) groups is 1. The first-order valence-electron chi connectivity index (χ1n) is 7.29. The number of hydrogen-bond acceptors (Lipinski definition) is 5. The van der Waals surface area contributed by atoms with E-state index >= 15 is 0 Å². The minimum atomic E-state index is -0.682. The average molecular weight is 309 g/mol. The van der Waals surface area contributed by atoms with Crippen molar-refractivity contribution in [3.63, 3.8) is 0 Å². The van der Waals surface area contributed by atoms with Crippen LogP contribution in [0.25, 0.3) is 0 Å². The highest BCUT2D eigenvalue weighted by molar-refractivity contribution is 7.11. The van der Waals surface area contributed by atoms with E-state index in [1.807, 2.05) is 26.8 Å². The van der Waals surface area contributed by atoms with Crippen molar-refractivity contribution in [1.82, 2.24) is 15.1 Å². The molecule has 1 unspecified atom stereocenters. The monoisotopic (exact) mass is 309 g/mol. The third-order valence-corrected chi connectivity index (χ3v) is 4.76. The predicted molar refractivity (Wildman–Crippen MR) is 83.3 cm³/mol. The lowest BCUT2D eigenvalue weighted by molar-refractivity contribution is -0.152. The number of hydrogen-bond donors (Lipinski definition) is 1. The summed E-state index contributed by atoms with van der Waals surface area (Å²) in [6.45, 7) is 8.19. The average Bonchev–Trinajstić information content (AvgIpc) is 2.82. The van der Waals surface area contributed by atoms with Gasteiger partial charge in [-0.15, -0.1) is 21.5 Å². The van der Waals surface area contributed by atoms with E-state index < -0.39 is 11.4 Å². The number of piperidine rings is 1. The Morgan fingerprint density at radius 1 is 1.48 bits per heavy atom. The number of aryl methyl sites for hydroxylation is 1. The summed E-state index contributed by atoms with van der Waals surface area (Å²) in [5.41, 5.74) is 0.516. The maximum absolute atomic E-state index is 11.8. The smallest absolute Gasteiger partial charge is 0.311 e. The van der Waals surface area contributed by atoms with Crippen molar-refractivity contribution >= 4 is 17.3 Å². The molecule has 1 aliphatic heterocycles. The maximum Gasteiger partial charge on any atom is 0.311 e. The zero-order valence-corrected chi connectivity index (χ0v) is 13.7. The molecule has 1 saturated heterocycles. The molecule has 2 heterocycles. The summed E-state index contributed by atoms with van der Waals surface area (Å²) in [5, 5.41) is 19.8. The summed E-state index contributed by atoms with van der Waals surface area (Å²) < 4.78 is 0. The fourth-order valence-corrected chi connectivity index (χ4v) is 3.53. The van der Waals surface area contributed by atoms with E-state index in [1.54, 1.807) is 11.3 Å². The predicted octanol–water partition coefficient (Wildman–Crippen LogP) is 2.87. The van der Waals surface area contributed by atoms with Crippen molar-refractivity contribution in [3.8, 4) is 0 Å². The molecule has 1 aromatic rings. The van der Waals surface area contributed by atoms with Gasteiger partial charge >= 0.3 is 5.97 Å². The van der Waals surface area contributed by atoms with Gasteiger partial charge in [-0.25, -0.2) is 0 Å². The van der Waals surface area contributed by atoms with Crippen LogP contribution < -0.4 is 0 Å². The molecule has 1 aliphatic rings. The summed E-state index contributed by atoms with van der Waals surface area (Å²) in [4.78, 5) is 14.0. The van der Waals surface area contributed by atoms with Crippen LogP contribution in [-0.2, 0) is 11.3 Å². The Kier molecular flexibility index (Phi) is 5.11. The zero-order valence-electron chi connectivity index (χ0n) is 12.9. The standard InChI is InChI=1S/C15H23N3O2S/c1-11(2)5-7-15(14(19)20)6-4-8-18(10-15)9-13-17-16-12(3)21-13/h5H,4,6-10H2,1-3H3,(H,19,20). The molecule has 1 aromatic heterocycles. The molecule has 0 radical (unpaired) electrons. The normalized spacial score (nSPS) is 23.0. The second kappa shape index (κ2) is 6.66. The van der Waals surface area contributed by atoms with Crippen LogP contribution in [0.4, 0.5) is 0 Å². The molecule has 6 heteroatoms. The van der Waals surface area contributed by atoms with E-state index in [2.05, 4.69) is 15.1 Å². The fraction of sp³-hybridized carbons (Fsp3) is 0.667. The molecule has 2 rings (SSSR count). The van der Waals surface area contributed by atoms with Crippen LogP contribution in [0.3, 0.4) is 0 Å². The molecule has 0 aromatic carbocycles. The Morgan fingerprint density at radius 2 is 2.24 bits per heavy atom. The second-order valence-electron chi connectivity index (χ2n) is 6.10. The number of likely N-dealkylation sites (tertiary alicyclic amines) is 1. The highest BCUT2D eigenvalue weighted by atomic mass is 32.1. The fourth-order valence-electron chi connectivity index (χ4n) is 2.78. The first-order chi connectivity index (χ1) is 9.91. The lowest BCUT2D eigenvalue weighted by Gasteiger charge is -2.39. The van der Waals surface area contributed by atoms with Gasteiger partial charge in [0, 0.05) is 6.54 Å². The Labute approximate surface area is 129 Å². The molecule has 0 spiro atoms. The number of carboxylic acids is 1. The molecule has 21 heavy (non-hydrogen) atoms. The largest absolute Gasteiger partial charge is 0.481 e. The number of nitrogens with zero attached hydrogens (tertiary/aromatic N) is 3. The Hall–Kier alpha value is -1.27. The molecular weight excluding hydrogens is 286 g/mol. The zero-order chi connectivity index (χ0) is 15.5. The Bertz CT molecular complexity index is 537. The molecule has 1 atom stereocenters. The molecule has 116 valence electrons. The third-order valence-electron chi connectivity index (χ3n) is 3.94. The molecule has 1 fully saturated rings. The van der Waals surface area contributed by atoms with Crippen LogP contribution in [0.2, 0.25) is 0 Å². The molecular formula is C15H23N3O2S. The minimum Gasteiger partial charge on any atom is -0.481 e. The van der Waals surface area contributed by atoms with Gasteiger partial charge in [0.05, 0.1) is 12.0 Å². The first-order valence-corrected chi connectivity index (χ1v) is 8.11. The third kappa shape index (κ3) is 4.11. The van der Waals surface area contributed by atoms with E-state index in [-0.39, 0.29) is 0 Å². The molecule has 0 aliphatic carbocycles. The highest BCUT2D eigenvalue weighted by Crippen LogP contribution is 2.35. The maximum atomic E-state index is 11.8. The van der Waals surface area contributed by atoms with Crippen molar-refractivity contribution in [1.29, 1.82) is 0 Å². The Morgan fingerprint density at radius 3 is 2.81 bits per heavy atom. The summed E-state index contributed by atoms with van der Waals surface area (Å²) in [6, 6.07) is 0. The Balaban J connectivity index is 2.09. The summed E-state index contributed by atoms with van der Waals surface area (Å²) in [5.74, 6) is -0.682. The van der Waals surface area contributed by atoms with Gasteiger partial charge in [0.15, 0.2) is 0 Å². The lowest BCUT2D eigenvalue weighted by atomic mass is 9.76. The van der Waals surface area contributed by atoms with Gasteiger partial charge < -0.3 is 5.11 Å². The van der Waals surface area contributed by atoms with Gasteiger partial charge in [0.2, 0.25) is 0 Å². The molecule has 0 bridgehead atoms. The van der Waals surface area contributed by atoms with Crippen molar-refractivity contribution in [3.05, 3.63) is 21.7 Å². The van der Waals surface area contributed by atoms with E-state index in [0.29, 0.717) is 19.5 Å². The van der Waals surface area contributed by atoms with E-state index in [9.17, 15) is 9.90 Å². The molecule has 0 amide bonds.